The SMILES string of the molecule is CN(C(=O)c1cc([C@@H]2CCCN(C(=O)C3CCC3)C2)no1)c1ccc2c(c1)OCCO2. The Morgan fingerprint density at radius 2 is 1.87 bits per heavy atom. The van der Waals surface area contributed by atoms with Crippen LogP contribution in [-0.4, -0.2) is 55.2 Å². The maximum atomic E-state index is 13.0. The molecule has 1 aliphatic carbocycles. The number of aromatic nitrogens is 1. The van der Waals surface area contributed by atoms with Gasteiger partial charge in [-0.15, -0.1) is 0 Å². The van der Waals surface area contributed by atoms with Gasteiger partial charge in [-0.05, 0) is 37.8 Å². The highest BCUT2D eigenvalue weighted by Crippen LogP contribution is 2.35. The van der Waals surface area contributed by atoms with Crippen LogP contribution in [0.3, 0.4) is 0 Å². The van der Waals surface area contributed by atoms with Gasteiger partial charge in [-0.2, -0.15) is 0 Å². The second-order valence-electron chi connectivity index (χ2n) is 8.56. The minimum absolute atomic E-state index is 0.0997. The molecule has 0 bridgehead atoms. The number of fused-ring (bicyclic) bond motifs is 1. The van der Waals surface area contributed by atoms with Gasteiger partial charge in [0.2, 0.25) is 11.7 Å². The number of anilines is 1. The van der Waals surface area contributed by atoms with E-state index in [9.17, 15) is 9.59 Å². The Morgan fingerprint density at radius 3 is 2.65 bits per heavy atom. The number of rotatable bonds is 4. The average Bonchev–Trinajstić information content (AvgIpc) is 3.27. The van der Waals surface area contributed by atoms with Gasteiger partial charge in [-0.25, -0.2) is 0 Å². The quantitative estimate of drug-likeness (QED) is 0.748. The van der Waals surface area contributed by atoms with Crippen LogP contribution in [0.2, 0.25) is 0 Å². The van der Waals surface area contributed by atoms with Gasteiger partial charge in [0.1, 0.15) is 13.2 Å². The summed E-state index contributed by atoms with van der Waals surface area (Å²) in [6.45, 7) is 2.46. The van der Waals surface area contributed by atoms with Crippen LogP contribution in [0.4, 0.5) is 5.69 Å². The van der Waals surface area contributed by atoms with Crippen LogP contribution in [-0.2, 0) is 4.79 Å². The van der Waals surface area contributed by atoms with E-state index in [2.05, 4.69) is 5.16 Å². The van der Waals surface area contributed by atoms with E-state index >= 15 is 0 Å². The molecule has 2 aliphatic heterocycles. The van der Waals surface area contributed by atoms with Crippen molar-refractivity contribution in [3.05, 3.63) is 35.7 Å². The van der Waals surface area contributed by atoms with Crippen molar-refractivity contribution in [2.24, 2.45) is 5.92 Å². The van der Waals surface area contributed by atoms with E-state index in [-0.39, 0.29) is 29.4 Å². The summed E-state index contributed by atoms with van der Waals surface area (Å²) in [6, 6.07) is 7.12. The molecule has 8 heteroatoms. The number of carbonyl (C=O) groups excluding carboxylic acids is 2. The van der Waals surface area contributed by atoms with Crippen LogP contribution in [0.5, 0.6) is 11.5 Å². The van der Waals surface area contributed by atoms with Crippen LogP contribution >= 0.6 is 0 Å². The number of hydrogen-bond acceptors (Lipinski definition) is 6. The van der Waals surface area contributed by atoms with Gasteiger partial charge in [0.25, 0.3) is 5.91 Å². The largest absolute Gasteiger partial charge is 0.486 e. The van der Waals surface area contributed by atoms with Crippen molar-refractivity contribution in [3.8, 4) is 11.5 Å². The lowest BCUT2D eigenvalue weighted by atomic mass is 9.83. The fourth-order valence-electron chi connectivity index (χ4n) is 4.44. The maximum absolute atomic E-state index is 13.0. The van der Waals surface area contributed by atoms with Crippen molar-refractivity contribution in [3.63, 3.8) is 0 Å². The second kappa shape index (κ2) is 8.24. The maximum Gasteiger partial charge on any atom is 0.296 e. The molecule has 1 saturated carbocycles. The van der Waals surface area contributed by atoms with Crippen LogP contribution in [0.1, 0.15) is 54.3 Å². The Balaban J connectivity index is 1.27. The van der Waals surface area contributed by atoms with Crippen LogP contribution in [0.25, 0.3) is 0 Å². The highest BCUT2D eigenvalue weighted by atomic mass is 16.6. The standard InChI is InChI=1S/C23H27N3O5/c1-25(17-7-8-19-20(12-17)30-11-10-29-19)23(28)21-13-18(24-31-21)16-6-3-9-26(14-16)22(27)15-4-2-5-15/h7-8,12-13,15-16H,2-6,9-11,14H2,1H3/t16-/m1/s1. The van der Waals surface area contributed by atoms with E-state index in [1.54, 1.807) is 25.2 Å². The molecule has 164 valence electrons. The first-order valence-corrected chi connectivity index (χ1v) is 11.0. The summed E-state index contributed by atoms with van der Waals surface area (Å²) in [5.74, 6) is 1.78. The first kappa shape index (κ1) is 19.9. The molecule has 1 aromatic heterocycles. The van der Waals surface area contributed by atoms with Gasteiger partial charge < -0.3 is 23.8 Å². The number of amides is 2. The molecular formula is C23H27N3O5. The van der Waals surface area contributed by atoms with Crippen molar-refractivity contribution >= 4 is 17.5 Å². The van der Waals surface area contributed by atoms with Crippen LogP contribution < -0.4 is 14.4 Å². The topological polar surface area (TPSA) is 85.1 Å². The Kier molecular flexibility index (Phi) is 5.29. The van der Waals surface area contributed by atoms with E-state index in [0.717, 1.165) is 44.3 Å². The summed E-state index contributed by atoms with van der Waals surface area (Å²) < 4.78 is 16.6. The predicted molar refractivity (Wildman–Crippen MR) is 113 cm³/mol. The minimum Gasteiger partial charge on any atom is -0.486 e. The number of piperidine rings is 1. The van der Waals surface area contributed by atoms with Crippen LogP contribution in [0, 0.1) is 5.92 Å². The lowest BCUT2D eigenvalue weighted by Gasteiger charge is -2.36. The zero-order valence-electron chi connectivity index (χ0n) is 17.7. The number of benzene rings is 1. The molecule has 0 radical (unpaired) electrons. The zero-order valence-corrected chi connectivity index (χ0v) is 17.7. The lowest BCUT2D eigenvalue weighted by molar-refractivity contribution is -0.139. The minimum atomic E-state index is -0.284. The Morgan fingerprint density at radius 1 is 1.06 bits per heavy atom. The molecule has 8 nitrogen and oxygen atoms in total. The summed E-state index contributed by atoms with van der Waals surface area (Å²) in [5.41, 5.74) is 1.42. The van der Waals surface area contributed by atoms with Gasteiger partial charge in [0, 0.05) is 49.8 Å². The van der Waals surface area contributed by atoms with E-state index in [1.807, 2.05) is 11.0 Å². The van der Waals surface area contributed by atoms with E-state index in [1.165, 1.54) is 4.90 Å². The molecule has 2 amide bonds. The summed E-state index contributed by atoms with van der Waals surface area (Å²) in [4.78, 5) is 29.1. The molecular weight excluding hydrogens is 398 g/mol. The first-order chi connectivity index (χ1) is 15.1. The molecule has 3 aliphatic rings. The highest BCUT2D eigenvalue weighted by molar-refractivity contribution is 6.04. The molecule has 0 spiro atoms. The second-order valence-corrected chi connectivity index (χ2v) is 8.56. The number of ether oxygens (including phenoxy) is 2. The van der Waals surface area contributed by atoms with Gasteiger partial charge in [-0.1, -0.05) is 11.6 Å². The third-order valence-electron chi connectivity index (χ3n) is 6.56. The Labute approximate surface area is 181 Å². The summed E-state index contributed by atoms with van der Waals surface area (Å²) >= 11 is 0. The van der Waals surface area contributed by atoms with Crippen molar-refractivity contribution in [2.45, 2.75) is 38.0 Å². The molecule has 1 aromatic carbocycles. The number of likely N-dealkylation sites (tertiary alicyclic amines) is 1. The fraction of sp³-hybridized carbons (Fsp3) is 0.522. The summed E-state index contributed by atoms with van der Waals surface area (Å²) in [5, 5.41) is 4.17. The monoisotopic (exact) mass is 425 g/mol. The smallest absolute Gasteiger partial charge is 0.296 e. The molecule has 31 heavy (non-hydrogen) atoms. The number of nitrogens with zero attached hydrogens (tertiary/aromatic N) is 3. The molecule has 1 saturated heterocycles. The van der Waals surface area contributed by atoms with Gasteiger partial charge in [0.05, 0.1) is 5.69 Å². The molecule has 2 aromatic rings. The van der Waals surface area contributed by atoms with Crippen molar-refractivity contribution < 1.29 is 23.6 Å². The predicted octanol–water partition coefficient (Wildman–Crippen LogP) is 3.23. The zero-order chi connectivity index (χ0) is 21.4. The highest BCUT2D eigenvalue weighted by Gasteiger charge is 2.34. The Bertz CT molecular complexity index is 983. The summed E-state index contributed by atoms with van der Waals surface area (Å²) in [7, 11) is 1.69. The van der Waals surface area contributed by atoms with Crippen molar-refractivity contribution in [2.75, 3.05) is 38.3 Å². The van der Waals surface area contributed by atoms with Crippen molar-refractivity contribution in [1.29, 1.82) is 0 Å². The van der Waals surface area contributed by atoms with Gasteiger partial charge in [-0.3, -0.25) is 9.59 Å². The molecule has 0 unspecified atom stereocenters. The van der Waals surface area contributed by atoms with Crippen molar-refractivity contribution in [1.82, 2.24) is 10.1 Å². The van der Waals surface area contributed by atoms with E-state index in [0.29, 0.717) is 36.9 Å². The molecule has 1 atom stereocenters. The first-order valence-electron chi connectivity index (χ1n) is 11.0. The van der Waals surface area contributed by atoms with Gasteiger partial charge in [0.15, 0.2) is 11.5 Å². The summed E-state index contributed by atoms with van der Waals surface area (Å²) in [6.07, 6.45) is 5.05. The molecule has 2 fully saturated rings. The lowest BCUT2D eigenvalue weighted by Crippen LogP contribution is -2.44. The Hall–Kier alpha value is -3.03. The normalized spacial score (nSPS) is 20.8. The molecule has 0 N–H and O–H groups in total. The number of hydrogen-bond donors (Lipinski definition) is 0. The van der Waals surface area contributed by atoms with Gasteiger partial charge >= 0.3 is 0 Å². The fourth-order valence-corrected chi connectivity index (χ4v) is 4.44. The molecule has 5 rings (SSSR count). The average molecular weight is 425 g/mol. The third kappa shape index (κ3) is 3.86. The van der Waals surface area contributed by atoms with E-state index < -0.39 is 0 Å². The molecule has 3 heterocycles. The van der Waals surface area contributed by atoms with Crippen LogP contribution in [0.15, 0.2) is 28.8 Å². The third-order valence-corrected chi connectivity index (χ3v) is 6.56. The van der Waals surface area contributed by atoms with E-state index in [4.69, 9.17) is 14.0 Å². The number of carbonyl (C=O) groups is 2.